The Morgan fingerprint density at radius 1 is 1.07 bits per heavy atom. The van der Waals surface area contributed by atoms with Crippen molar-refractivity contribution in [2.45, 2.75) is 58.0 Å². The van der Waals surface area contributed by atoms with Crippen LogP contribution in [0.25, 0.3) is 0 Å². The molecular formula is C32H40N6O3. The Morgan fingerprint density at radius 3 is 2.59 bits per heavy atom. The fourth-order valence-corrected chi connectivity index (χ4v) is 5.33. The summed E-state index contributed by atoms with van der Waals surface area (Å²) in [6, 6.07) is 14.3. The number of aromatic nitrogens is 2. The maximum atomic E-state index is 13.1. The van der Waals surface area contributed by atoms with Crippen LogP contribution in [0.5, 0.6) is 5.75 Å². The van der Waals surface area contributed by atoms with Gasteiger partial charge in [-0.15, -0.1) is 0 Å². The number of Topliss-reactive ketones (excluding diaryl/α,β-unsaturated/α-hetero) is 1. The van der Waals surface area contributed by atoms with Crippen LogP contribution in [0.3, 0.4) is 0 Å². The summed E-state index contributed by atoms with van der Waals surface area (Å²) in [5.41, 5.74) is 2.88. The maximum absolute atomic E-state index is 13.1. The summed E-state index contributed by atoms with van der Waals surface area (Å²) < 4.78 is 5.95. The Kier molecular flexibility index (Phi) is 8.95. The number of hydrogen-bond donors (Lipinski definition) is 2. The van der Waals surface area contributed by atoms with E-state index in [1.54, 1.807) is 6.07 Å². The number of aldehydes is 1. The van der Waals surface area contributed by atoms with Gasteiger partial charge in [0.05, 0.1) is 0 Å². The first-order chi connectivity index (χ1) is 19.8. The highest BCUT2D eigenvalue weighted by atomic mass is 16.5. The van der Waals surface area contributed by atoms with Gasteiger partial charge in [-0.05, 0) is 89.5 Å². The van der Waals surface area contributed by atoms with E-state index in [2.05, 4.69) is 25.4 Å². The molecule has 2 aromatic carbocycles. The average Bonchev–Trinajstić information content (AvgIpc) is 3.40. The van der Waals surface area contributed by atoms with Crippen molar-refractivity contribution in [3.8, 4) is 5.75 Å². The van der Waals surface area contributed by atoms with E-state index in [4.69, 9.17) is 9.72 Å². The Morgan fingerprint density at radius 2 is 1.85 bits per heavy atom. The third-order valence-corrected chi connectivity index (χ3v) is 7.39. The molecule has 0 bridgehead atoms. The normalized spacial score (nSPS) is 16.2. The number of carbonyl (C=O) groups is 2. The molecule has 2 N–H and O–H groups in total. The van der Waals surface area contributed by atoms with E-state index in [0.717, 1.165) is 48.0 Å². The molecule has 5 rings (SSSR count). The van der Waals surface area contributed by atoms with Crippen LogP contribution in [0.1, 0.15) is 56.0 Å². The molecule has 3 aromatic rings. The van der Waals surface area contributed by atoms with Crippen LogP contribution >= 0.6 is 0 Å². The molecule has 2 aliphatic rings. The molecule has 2 aliphatic heterocycles. The van der Waals surface area contributed by atoms with Crippen LogP contribution in [0, 0.1) is 0 Å². The second kappa shape index (κ2) is 12.8. The minimum atomic E-state index is -0.902. The summed E-state index contributed by atoms with van der Waals surface area (Å²) in [5.74, 6) is 1.90. The lowest BCUT2D eigenvalue weighted by Crippen LogP contribution is -2.48. The van der Waals surface area contributed by atoms with Gasteiger partial charge in [0, 0.05) is 47.3 Å². The van der Waals surface area contributed by atoms with Gasteiger partial charge in [0.15, 0.2) is 5.78 Å². The van der Waals surface area contributed by atoms with Crippen molar-refractivity contribution < 1.29 is 14.3 Å². The molecule has 0 spiro atoms. The Balaban J connectivity index is 1.23. The number of ether oxygens (including phenoxy) is 1. The number of ketones is 1. The van der Waals surface area contributed by atoms with Crippen LogP contribution in [-0.2, 0) is 11.2 Å². The summed E-state index contributed by atoms with van der Waals surface area (Å²) in [6.07, 6.45) is 7.24. The van der Waals surface area contributed by atoms with Crippen molar-refractivity contribution in [2.75, 3.05) is 43.0 Å². The number of carbonyl (C=O) groups excluding carboxylic acids is 2. The van der Waals surface area contributed by atoms with E-state index in [9.17, 15) is 9.59 Å². The fraction of sp³-hybridized carbons (Fsp3) is 0.438. The van der Waals surface area contributed by atoms with E-state index >= 15 is 0 Å². The molecule has 216 valence electrons. The van der Waals surface area contributed by atoms with Crippen LogP contribution in [0.2, 0.25) is 0 Å². The predicted molar refractivity (Wildman–Crippen MR) is 162 cm³/mol. The summed E-state index contributed by atoms with van der Waals surface area (Å²) in [7, 11) is 0. The van der Waals surface area contributed by atoms with Crippen molar-refractivity contribution >= 4 is 35.2 Å². The molecule has 0 radical (unpaired) electrons. The van der Waals surface area contributed by atoms with Crippen LogP contribution in [-0.4, -0.2) is 71.3 Å². The standard InChI is InChI=1S/C32H40N6O3/c1-32(2,3)36-28(22-39)29(40)23-8-7-9-26(20-23)38-17-14-24-21-33-31(35-30(24)38)34-25-10-12-27(13-11-25)41-19-18-37-15-5-4-6-16-37/h7-13,20-22,28,36H,4-6,14-19H2,1-3H3,(H,33,34,35). The maximum Gasteiger partial charge on any atom is 0.229 e. The second-order valence-electron chi connectivity index (χ2n) is 11.8. The average molecular weight is 557 g/mol. The van der Waals surface area contributed by atoms with Gasteiger partial charge < -0.3 is 19.7 Å². The zero-order valence-electron chi connectivity index (χ0n) is 24.2. The van der Waals surface area contributed by atoms with Crippen LogP contribution < -0.4 is 20.3 Å². The molecule has 9 heteroatoms. The minimum Gasteiger partial charge on any atom is -0.492 e. The number of nitrogens with zero attached hydrogens (tertiary/aromatic N) is 4. The van der Waals surface area contributed by atoms with Gasteiger partial charge in [0.2, 0.25) is 5.95 Å². The van der Waals surface area contributed by atoms with Gasteiger partial charge in [0.25, 0.3) is 0 Å². The van der Waals surface area contributed by atoms with E-state index in [1.807, 2.05) is 69.4 Å². The summed E-state index contributed by atoms with van der Waals surface area (Å²) in [5, 5.41) is 6.40. The zero-order valence-corrected chi connectivity index (χ0v) is 24.2. The minimum absolute atomic E-state index is 0.250. The number of rotatable bonds is 11. The highest BCUT2D eigenvalue weighted by molar-refractivity contribution is 6.09. The summed E-state index contributed by atoms with van der Waals surface area (Å²) >= 11 is 0. The van der Waals surface area contributed by atoms with Gasteiger partial charge in [-0.1, -0.05) is 18.6 Å². The lowest BCUT2D eigenvalue weighted by molar-refractivity contribution is -0.109. The quantitative estimate of drug-likeness (QED) is 0.194. The van der Waals surface area contributed by atoms with Crippen molar-refractivity contribution in [3.05, 3.63) is 65.9 Å². The topological polar surface area (TPSA) is 99.7 Å². The molecule has 1 atom stereocenters. The Labute approximate surface area is 242 Å². The number of hydrogen-bond acceptors (Lipinski definition) is 9. The van der Waals surface area contributed by atoms with Gasteiger partial charge in [-0.3, -0.25) is 15.0 Å². The largest absolute Gasteiger partial charge is 0.492 e. The predicted octanol–water partition coefficient (Wildman–Crippen LogP) is 4.92. The van der Waals surface area contributed by atoms with E-state index in [1.165, 1.54) is 32.4 Å². The molecule has 41 heavy (non-hydrogen) atoms. The molecule has 9 nitrogen and oxygen atoms in total. The van der Waals surface area contributed by atoms with Crippen LogP contribution in [0.15, 0.2) is 54.7 Å². The number of piperidine rings is 1. The van der Waals surface area contributed by atoms with Gasteiger partial charge in [-0.25, -0.2) is 4.98 Å². The monoisotopic (exact) mass is 556 g/mol. The lowest BCUT2D eigenvalue weighted by Gasteiger charge is -2.26. The molecular weight excluding hydrogens is 516 g/mol. The van der Waals surface area contributed by atoms with Crippen molar-refractivity contribution in [1.82, 2.24) is 20.2 Å². The fourth-order valence-electron chi connectivity index (χ4n) is 5.33. The van der Waals surface area contributed by atoms with Crippen molar-refractivity contribution in [1.29, 1.82) is 0 Å². The van der Waals surface area contributed by atoms with E-state index in [-0.39, 0.29) is 11.3 Å². The van der Waals surface area contributed by atoms with Crippen molar-refractivity contribution in [2.24, 2.45) is 0 Å². The lowest BCUT2D eigenvalue weighted by atomic mass is 10.0. The molecule has 0 aliphatic carbocycles. The van der Waals surface area contributed by atoms with Crippen LogP contribution in [0.4, 0.5) is 23.1 Å². The third-order valence-electron chi connectivity index (χ3n) is 7.39. The number of anilines is 4. The number of nitrogens with one attached hydrogen (secondary N) is 2. The molecule has 1 aromatic heterocycles. The number of likely N-dealkylation sites (tertiary alicyclic amines) is 1. The van der Waals surface area contributed by atoms with Gasteiger partial charge in [-0.2, -0.15) is 4.98 Å². The highest BCUT2D eigenvalue weighted by Gasteiger charge is 2.27. The first-order valence-corrected chi connectivity index (χ1v) is 14.5. The SMILES string of the molecule is CC(C)(C)NC(C=O)C(=O)c1cccc(N2CCc3cnc(Nc4ccc(OCCN5CCCCC5)cc4)nc32)c1. The number of benzene rings is 2. The third kappa shape index (κ3) is 7.48. The molecule has 0 amide bonds. The molecule has 1 unspecified atom stereocenters. The number of fused-ring (bicyclic) bond motifs is 1. The highest BCUT2D eigenvalue weighted by Crippen LogP contribution is 2.34. The smallest absolute Gasteiger partial charge is 0.229 e. The van der Waals surface area contributed by atoms with E-state index in [0.29, 0.717) is 24.4 Å². The summed E-state index contributed by atoms with van der Waals surface area (Å²) in [6.45, 7) is 10.5. The zero-order chi connectivity index (χ0) is 28.8. The first kappa shape index (κ1) is 28.7. The van der Waals surface area contributed by atoms with Crippen molar-refractivity contribution in [3.63, 3.8) is 0 Å². The van der Waals surface area contributed by atoms with Gasteiger partial charge >= 0.3 is 0 Å². The molecule has 3 heterocycles. The van der Waals surface area contributed by atoms with Gasteiger partial charge in [0.1, 0.15) is 30.5 Å². The molecule has 1 saturated heterocycles. The second-order valence-corrected chi connectivity index (χ2v) is 11.8. The Hall–Kier alpha value is -3.82. The van der Waals surface area contributed by atoms with E-state index < -0.39 is 6.04 Å². The Bertz CT molecular complexity index is 1350. The molecule has 0 saturated carbocycles. The molecule has 1 fully saturated rings. The summed E-state index contributed by atoms with van der Waals surface area (Å²) in [4.78, 5) is 38.7. The first-order valence-electron chi connectivity index (χ1n) is 14.5.